The van der Waals surface area contributed by atoms with E-state index in [2.05, 4.69) is 0 Å². The first-order valence-electron chi connectivity index (χ1n) is 8.78. The Kier molecular flexibility index (Phi) is 6.98. The minimum absolute atomic E-state index is 0.0828. The first kappa shape index (κ1) is 19.9. The van der Waals surface area contributed by atoms with Crippen molar-refractivity contribution < 1.29 is 23.1 Å². The van der Waals surface area contributed by atoms with Crippen LogP contribution < -0.4 is 0 Å². The first-order valence-corrected chi connectivity index (χ1v) is 10.4. The van der Waals surface area contributed by atoms with Crippen LogP contribution in [0.3, 0.4) is 0 Å². The molecule has 7 heteroatoms. The van der Waals surface area contributed by atoms with Gasteiger partial charge in [0, 0.05) is 13.2 Å². The molecule has 1 fully saturated rings. The molecule has 1 unspecified atom stereocenters. The van der Waals surface area contributed by atoms with Crippen molar-refractivity contribution in [2.45, 2.75) is 51.2 Å². The molecular weight excluding hydrogens is 342 g/mol. The van der Waals surface area contributed by atoms with E-state index < -0.39 is 21.5 Å². The van der Waals surface area contributed by atoms with Gasteiger partial charge in [-0.25, -0.2) is 8.42 Å². The molecule has 1 aromatic rings. The van der Waals surface area contributed by atoms with Crippen LogP contribution in [0.1, 0.15) is 44.6 Å². The summed E-state index contributed by atoms with van der Waals surface area (Å²) in [6.07, 6.45) is 2.33. The van der Waals surface area contributed by atoms with Gasteiger partial charge in [-0.1, -0.05) is 43.7 Å². The Labute approximate surface area is 149 Å². The van der Waals surface area contributed by atoms with E-state index in [1.165, 1.54) is 4.31 Å². The lowest BCUT2D eigenvalue weighted by molar-refractivity contribution is -0.147. The normalized spacial score (nSPS) is 21.5. The molecule has 0 spiro atoms. The highest BCUT2D eigenvalue weighted by molar-refractivity contribution is 7.89. The zero-order valence-electron chi connectivity index (χ0n) is 14.7. The molecule has 1 heterocycles. The first-order chi connectivity index (χ1) is 11.9. The Morgan fingerprint density at radius 2 is 2.04 bits per heavy atom. The molecule has 0 aliphatic carbocycles. The van der Waals surface area contributed by atoms with Crippen LogP contribution in [0.5, 0.6) is 0 Å². The van der Waals surface area contributed by atoms with E-state index in [9.17, 15) is 18.3 Å². The molecule has 6 nitrogen and oxygen atoms in total. The average molecular weight is 369 g/mol. The predicted octanol–water partition coefficient (Wildman–Crippen LogP) is 2.64. The van der Waals surface area contributed by atoms with E-state index in [0.29, 0.717) is 51.9 Å². The van der Waals surface area contributed by atoms with Crippen molar-refractivity contribution in [1.82, 2.24) is 4.31 Å². The lowest BCUT2D eigenvalue weighted by Gasteiger charge is -2.33. The number of nitrogens with zero attached hydrogens (tertiary/aromatic N) is 1. The van der Waals surface area contributed by atoms with Gasteiger partial charge in [0.2, 0.25) is 10.0 Å². The Bertz CT molecular complexity index is 661. The number of carboxylic acids is 1. The molecule has 1 aliphatic heterocycles. The van der Waals surface area contributed by atoms with E-state index in [4.69, 9.17) is 4.74 Å². The van der Waals surface area contributed by atoms with Crippen molar-refractivity contribution in [3.05, 3.63) is 35.9 Å². The minimum atomic E-state index is -3.61. The summed E-state index contributed by atoms with van der Waals surface area (Å²) in [5, 5.41) is 9.63. The highest BCUT2D eigenvalue weighted by Crippen LogP contribution is 2.36. The number of benzene rings is 1. The number of hydrogen-bond acceptors (Lipinski definition) is 4. The van der Waals surface area contributed by atoms with Crippen LogP contribution in [0.4, 0.5) is 0 Å². The largest absolute Gasteiger partial charge is 0.480 e. The van der Waals surface area contributed by atoms with E-state index in [-0.39, 0.29) is 5.75 Å². The van der Waals surface area contributed by atoms with Gasteiger partial charge in [0.1, 0.15) is 5.54 Å². The van der Waals surface area contributed by atoms with Crippen molar-refractivity contribution in [1.29, 1.82) is 0 Å². The maximum absolute atomic E-state index is 12.7. The highest BCUT2D eigenvalue weighted by Gasteiger charge is 2.51. The summed E-state index contributed by atoms with van der Waals surface area (Å²) in [6.45, 7) is 2.94. The maximum atomic E-state index is 12.7. The van der Waals surface area contributed by atoms with E-state index in [0.717, 1.165) is 5.56 Å². The van der Waals surface area contributed by atoms with Gasteiger partial charge in [-0.3, -0.25) is 4.79 Å². The number of aliphatic carboxylic acids is 1. The lowest BCUT2D eigenvalue weighted by Crippen LogP contribution is -2.53. The van der Waals surface area contributed by atoms with Crippen LogP contribution in [0.15, 0.2) is 30.3 Å². The second-order valence-corrected chi connectivity index (χ2v) is 8.48. The van der Waals surface area contributed by atoms with Crippen LogP contribution in [0.2, 0.25) is 0 Å². The fraction of sp³-hybridized carbons (Fsp3) is 0.611. The highest BCUT2D eigenvalue weighted by atomic mass is 32.2. The number of carboxylic acid groups (broad SMARTS) is 1. The summed E-state index contributed by atoms with van der Waals surface area (Å²) in [5.74, 6) is -1.11. The van der Waals surface area contributed by atoms with Crippen LogP contribution >= 0.6 is 0 Å². The third kappa shape index (κ3) is 4.80. The smallest absolute Gasteiger partial charge is 0.325 e. The molecule has 1 atom stereocenters. The van der Waals surface area contributed by atoms with Crippen LogP contribution in [0.25, 0.3) is 0 Å². The zero-order valence-corrected chi connectivity index (χ0v) is 15.5. The summed E-state index contributed by atoms with van der Waals surface area (Å²) < 4.78 is 32.1. The fourth-order valence-corrected chi connectivity index (χ4v) is 5.36. The molecule has 2 rings (SSSR count). The molecule has 1 saturated heterocycles. The van der Waals surface area contributed by atoms with E-state index in [1.807, 2.05) is 37.3 Å². The minimum Gasteiger partial charge on any atom is -0.480 e. The zero-order chi connectivity index (χ0) is 18.3. The Balaban J connectivity index is 1.88. The number of hydrogen-bond donors (Lipinski definition) is 1. The Morgan fingerprint density at radius 3 is 2.68 bits per heavy atom. The van der Waals surface area contributed by atoms with Crippen molar-refractivity contribution in [2.24, 2.45) is 0 Å². The van der Waals surface area contributed by atoms with Crippen molar-refractivity contribution in [2.75, 3.05) is 18.9 Å². The van der Waals surface area contributed by atoms with Gasteiger partial charge in [0.05, 0.1) is 12.4 Å². The average Bonchev–Trinajstić information content (AvgIpc) is 3.02. The van der Waals surface area contributed by atoms with Gasteiger partial charge >= 0.3 is 5.97 Å². The standard InChI is InChI=1S/C18H27NO5S/c1-2-10-18(17(20)21)11-6-12-19(18)25(22,23)14-7-13-24-15-16-8-4-3-5-9-16/h3-5,8-9H,2,6-7,10-15H2,1H3,(H,20,21). The quantitative estimate of drug-likeness (QED) is 0.641. The number of rotatable bonds is 10. The lowest BCUT2D eigenvalue weighted by atomic mass is 9.92. The van der Waals surface area contributed by atoms with Crippen molar-refractivity contribution >= 4 is 16.0 Å². The monoisotopic (exact) mass is 369 g/mol. The van der Waals surface area contributed by atoms with E-state index >= 15 is 0 Å². The predicted molar refractivity (Wildman–Crippen MR) is 95.7 cm³/mol. The molecule has 25 heavy (non-hydrogen) atoms. The Hall–Kier alpha value is -1.44. The van der Waals surface area contributed by atoms with Crippen molar-refractivity contribution in [3.63, 3.8) is 0 Å². The van der Waals surface area contributed by atoms with Gasteiger partial charge in [-0.05, 0) is 31.2 Å². The molecular formula is C18H27NO5S. The molecule has 0 radical (unpaired) electrons. The Morgan fingerprint density at radius 1 is 1.32 bits per heavy atom. The van der Waals surface area contributed by atoms with E-state index in [1.54, 1.807) is 0 Å². The summed E-state index contributed by atoms with van der Waals surface area (Å²) >= 11 is 0. The number of sulfonamides is 1. The molecule has 0 amide bonds. The van der Waals surface area contributed by atoms with Gasteiger partial charge in [0.15, 0.2) is 0 Å². The molecule has 140 valence electrons. The second-order valence-electron chi connectivity index (χ2n) is 6.47. The molecule has 1 aliphatic rings. The fourth-order valence-electron chi connectivity index (χ4n) is 3.46. The molecule has 1 N–H and O–H groups in total. The third-order valence-electron chi connectivity index (χ3n) is 4.63. The number of carbonyl (C=O) groups is 1. The van der Waals surface area contributed by atoms with Gasteiger partial charge in [0.25, 0.3) is 0 Å². The summed E-state index contributed by atoms with van der Waals surface area (Å²) in [5.41, 5.74) is -0.226. The molecule has 0 bridgehead atoms. The molecule has 0 aromatic heterocycles. The summed E-state index contributed by atoms with van der Waals surface area (Å²) in [7, 11) is -3.61. The van der Waals surface area contributed by atoms with Crippen molar-refractivity contribution in [3.8, 4) is 0 Å². The maximum Gasteiger partial charge on any atom is 0.325 e. The summed E-state index contributed by atoms with van der Waals surface area (Å²) in [4.78, 5) is 11.8. The third-order valence-corrected chi connectivity index (χ3v) is 6.64. The van der Waals surface area contributed by atoms with Crippen LogP contribution in [-0.2, 0) is 26.2 Å². The topological polar surface area (TPSA) is 83.9 Å². The van der Waals surface area contributed by atoms with Gasteiger partial charge in [-0.15, -0.1) is 0 Å². The molecule has 0 saturated carbocycles. The van der Waals surface area contributed by atoms with Crippen LogP contribution in [0, 0.1) is 0 Å². The number of ether oxygens (including phenoxy) is 1. The second kappa shape index (κ2) is 8.78. The molecule has 1 aromatic carbocycles. The SMILES string of the molecule is CCCC1(C(=O)O)CCCN1S(=O)(=O)CCCOCc1ccccc1. The van der Waals surface area contributed by atoms with Gasteiger partial charge in [-0.2, -0.15) is 4.31 Å². The van der Waals surface area contributed by atoms with Crippen LogP contribution in [-0.4, -0.2) is 48.2 Å². The van der Waals surface area contributed by atoms with Gasteiger partial charge < -0.3 is 9.84 Å². The summed E-state index contributed by atoms with van der Waals surface area (Å²) in [6, 6.07) is 9.68.